The number of carbonyl (C=O) groups excluding carboxylic acids is 1. The van der Waals surface area contributed by atoms with Crippen molar-refractivity contribution in [3.05, 3.63) is 58.9 Å². The Labute approximate surface area is 109 Å². The maximum atomic E-state index is 13.4. The van der Waals surface area contributed by atoms with E-state index in [4.69, 9.17) is 0 Å². The molecule has 0 atom stereocenters. The second kappa shape index (κ2) is 5.14. The first-order valence-corrected chi connectivity index (χ1v) is 5.67. The summed E-state index contributed by atoms with van der Waals surface area (Å²) in [5, 5.41) is 2.53. The monoisotopic (exact) mass is 262 g/mol. The van der Waals surface area contributed by atoms with Crippen LogP contribution in [0.15, 0.2) is 30.5 Å². The minimum Gasteiger partial charge on any atom is -0.322 e. The van der Waals surface area contributed by atoms with Crippen LogP contribution < -0.4 is 5.32 Å². The van der Waals surface area contributed by atoms with E-state index in [1.807, 2.05) is 19.9 Å². The van der Waals surface area contributed by atoms with Crippen molar-refractivity contribution in [3.8, 4) is 0 Å². The molecule has 0 unspecified atom stereocenters. The SMILES string of the molecule is Cc1cc(C)cc(NC(=O)c2ccnc(F)c2F)c1. The number of rotatable bonds is 2. The highest BCUT2D eigenvalue weighted by Crippen LogP contribution is 2.16. The molecule has 0 fully saturated rings. The van der Waals surface area contributed by atoms with Crippen LogP contribution in [0.2, 0.25) is 0 Å². The lowest BCUT2D eigenvalue weighted by Crippen LogP contribution is -2.15. The van der Waals surface area contributed by atoms with E-state index in [-0.39, 0.29) is 5.56 Å². The van der Waals surface area contributed by atoms with Gasteiger partial charge >= 0.3 is 0 Å². The fourth-order valence-corrected chi connectivity index (χ4v) is 1.84. The second-order valence-corrected chi connectivity index (χ2v) is 4.29. The minimum atomic E-state index is -1.28. The first-order valence-electron chi connectivity index (χ1n) is 5.67. The Morgan fingerprint density at radius 2 is 1.79 bits per heavy atom. The van der Waals surface area contributed by atoms with Gasteiger partial charge in [-0.05, 0) is 43.2 Å². The van der Waals surface area contributed by atoms with Gasteiger partial charge in [0.25, 0.3) is 5.91 Å². The Morgan fingerprint density at radius 3 is 2.42 bits per heavy atom. The standard InChI is InChI=1S/C14H12F2N2O/c1-8-5-9(2)7-10(6-8)18-14(19)11-3-4-17-13(16)12(11)15/h3-7H,1-2H3,(H,18,19). The lowest BCUT2D eigenvalue weighted by Gasteiger charge is -2.08. The van der Waals surface area contributed by atoms with Gasteiger partial charge < -0.3 is 5.32 Å². The number of amides is 1. The summed E-state index contributed by atoms with van der Waals surface area (Å²) in [6.07, 6.45) is 1.05. The van der Waals surface area contributed by atoms with Gasteiger partial charge in [0.15, 0.2) is 5.82 Å². The molecule has 1 aromatic carbocycles. The van der Waals surface area contributed by atoms with Gasteiger partial charge in [0, 0.05) is 11.9 Å². The normalized spacial score (nSPS) is 10.3. The maximum absolute atomic E-state index is 13.4. The first-order chi connectivity index (χ1) is 8.97. The zero-order chi connectivity index (χ0) is 14.0. The lowest BCUT2D eigenvalue weighted by molar-refractivity contribution is 0.102. The van der Waals surface area contributed by atoms with Gasteiger partial charge in [-0.2, -0.15) is 4.39 Å². The predicted molar refractivity (Wildman–Crippen MR) is 68.0 cm³/mol. The van der Waals surface area contributed by atoms with Gasteiger partial charge in [-0.25, -0.2) is 9.37 Å². The van der Waals surface area contributed by atoms with Gasteiger partial charge in [0.05, 0.1) is 5.56 Å². The summed E-state index contributed by atoms with van der Waals surface area (Å²) >= 11 is 0. The van der Waals surface area contributed by atoms with Crippen LogP contribution in [0.25, 0.3) is 0 Å². The van der Waals surface area contributed by atoms with E-state index in [9.17, 15) is 13.6 Å². The van der Waals surface area contributed by atoms with E-state index in [0.717, 1.165) is 23.4 Å². The van der Waals surface area contributed by atoms with Crippen LogP contribution in [0.3, 0.4) is 0 Å². The van der Waals surface area contributed by atoms with Crippen molar-refractivity contribution in [2.45, 2.75) is 13.8 Å². The third-order valence-electron chi connectivity index (χ3n) is 2.57. The van der Waals surface area contributed by atoms with Crippen LogP contribution in [-0.4, -0.2) is 10.9 Å². The van der Waals surface area contributed by atoms with E-state index in [2.05, 4.69) is 10.3 Å². The van der Waals surface area contributed by atoms with E-state index < -0.39 is 17.7 Å². The Kier molecular flexibility index (Phi) is 3.55. The molecule has 2 aromatic rings. The summed E-state index contributed by atoms with van der Waals surface area (Å²) in [5.74, 6) is -3.23. The molecule has 0 spiro atoms. The summed E-state index contributed by atoms with van der Waals surface area (Å²) in [4.78, 5) is 15.0. The van der Waals surface area contributed by atoms with Crippen LogP contribution in [-0.2, 0) is 0 Å². The molecule has 0 radical (unpaired) electrons. The van der Waals surface area contributed by atoms with Gasteiger partial charge in [0.2, 0.25) is 5.95 Å². The van der Waals surface area contributed by atoms with Crippen LogP contribution >= 0.6 is 0 Å². The Balaban J connectivity index is 2.28. The van der Waals surface area contributed by atoms with Gasteiger partial charge in [0.1, 0.15) is 0 Å². The van der Waals surface area contributed by atoms with Gasteiger partial charge in [-0.1, -0.05) is 6.07 Å². The molecule has 0 aliphatic heterocycles. The molecule has 0 aliphatic carbocycles. The van der Waals surface area contributed by atoms with Crippen molar-refractivity contribution in [2.24, 2.45) is 0 Å². The molecular weight excluding hydrogens is 250 g/mol. The highest BCUT2D eigenvalue weighted by Gasteiger charge is 2.16. The number of anilines is 1. The fourth-order valence-electron chi connectivity index (χ4n) is 1.84. The summed E-state index contributed by atoms with van der Waals surface area (Å²) in [7, 11) is 0. The maximum Gasteiger partial charge on any atom is 0.258 e. The molecule has 19 heavy (non-hydrogen) atoms. The van der Waals surface area contributed by atoms with E-state index in [0.29, 0.717) is 5.69 Å². The van der Waals surface area contributed by atoms with Gasteiger partial charge in [-0.15, -0.1) is 0 Å². The van der Waals surface area contributed by atoms with Crippen LogP contribution in [0.5, 0.6) is 0 Å². The molecule has 2 rings (SSSR count). The number of aryl methyl sites for hydroxylation is 2. The molecule has 1 aromatic heterocycles. The van der Waals surface area contributed by atoms with E-state index >= 15 is 0 Å². The van der Waals surface area contributed by atoms with E-state index in [1.165, 1.54) is 0 Å². The zero-order valence-corrected chi connectivity index (χ0v) is 10.5. The highest BCUT2D eigenvalue weighted by atomic mass is 19.2. The number of carbonyl (C=O) groups is 1. The fraction of sp³-hybridized carbons (Fsp3) is 0.143. The Bertz CT molecular complexity index is 621. The average Bonchev–Trinajstić information content (AvgIpc) is 2.31. The molecule has 1 N–H and O–H groups in total. The van der Waals surface area contributed by atoms with Crippen molar-refractivity contribution in [3.63, 3.8) is 0 Å². The zero-order valence-electron chi connectivity index (χ0n) is 10.5. The molecule has 0 saturated carbocycles. The Morgan fingerprint density at radius 1 is 1.16 bits per heavy atom. The number of pyridine rings is 1. The van der Waals surface area contributed by atoms with Crippen molar-refractivity contribution in [1.82, 2.24) is 4.98 Å². The molecule has 0 saturated heterocycles. The van der Waals surface area contributed by atoms with Crippen LogP contribution in [0.1, 0.15) is 21.5 Å². The van der Waals surface area contributed by atoms with Crippen LogP contribution in [0.4, 0.5) is 14.5 Å². The molecule has 98 valence electrons. The van der Waals surface area contributed by atoms with Crippen molar-refractivity contribution in [1.29, 1.82) is 0 Å². The number of nitrogens with one attached hydrogen (secondary N) is 1. The number of hydrogen-bond donors (Lipinski definition) is 1. The third-order valence-corrected chi connectivity index (χ3v) is 2.57. The molecule has 1 heterocycles. The number of halogens is 2. The molecule has 3 nitrogen and oxygen atoms in total. The summed E-state index contributed by atoms with van der Waals surface area (Å²) in [6.45, 7) is 3.77. The molecule has 5 heteroatoms. The van der Waals surface area contributed by atoms with Crippen molar-refractivity contribution >= 4 is 11.6 Å². The van der Waals surface area contributed by atoms with E-state index in [1.54, 1.807) is 12.1 Å². The number of nitrogens with zero attached hydrogens (tertiary/aromatic N) is 1. The number of hydrogen-bond acceptors (Lipinski definition) is 2. The topological polar surface area (TPSA) is 42.0 Å². The van der Waals surface area contributed by atoms with Crippen molar-refractivity contribution in [2.75, 3.05) is 5.32 Å². The second-order valence-electron chi connectivity index (χ2n) is 4.29. The Hall–Kier alpha value is -2.30. The lowest BCUT2D eigenvalue weighted by atomic mass is 10.1. The quantitative estimate of drug-likeness (QED) is 0.844. The molecule has 1 amide bonds. The van der Waals surface area contributed by atoms with Crippen LogP contribution in [0, 0.1) is 25.6 Å². The number of aromatic nitrogens is 1. The summed E-state index contributed by atoms with van der Waals surface area (Å²) < 4.78 is 26.4. The molecular formula is C14H12F2N2O. The van der Waals surface area contributed by atoms with Gasteiger partial charge in [-0.3, -0.25) is 4.79 Å². The van der Waals surface area contributed by atoms with Crippen molar-refractivity contribution < 1.29 is 13.6 Å². The highest BCUT2D eigenvalue weighted by molar-refractivity contribution is 6.04. The minimum absolute atomic E-state index is 0.369. The number of benzene rings is 1. The molecule has 0 bridgehead atoms. The predicted octanol–water partition coefficient (Wildman–Crippen LogP) is 3.23. The largest absolute Gasteiger partial charge is 0.322 e. The summed E-state index contributed by atoms with van der Waals surface area (Å²) in [5.41, 5.74) is 2.11. The first kappa shape index (κ1) is 13.1. The average molecular weight is 262 g/mol. The molecule has 0 aliphatic rings. The third kappa shape index (κ3) is 2.93. The summed E-state index contributed by atoms with van der Waals surface area (Å²) in [6, 6.07) is 6.58. The smallest absolute Gasteiger partial charge is 0.258 e.